The molecule has 2 aromatic carbocycles. The molecule has 1 heterocycles. The zero-order chi connectivity index (χ0) is 25.2. The molecule has 0 radical (unpaired) electrons. The third kappa shape index (κ3) is 6.42. The lowest BCUT2D eigenvalue weighted by atomic mass is 9.97. The summed E-state index contributed by atoms with van der Waals surface area (Å²) in [6.45, 7) is 8.30. The molecule has 35 heavy (non-hydrogen) atoms. The van der Waals surface area contributed by atoms with Gasteiger partial charge in [0.25, 0.3) is 5.56 Å². The second-order valence-corrected chi connectivity index (χ2v) is 8.39. The predicted molar refractivity (Wildman–Crippen MR) is 142 cm³/mol. The van der Waals surface area contributed by atoms with Gasteiger partial charge in [-0.2, -0.15) is 5.26 Å². The van der Waals surface area contributed by atoms with Crippen LogP contribution in [0.3, 0.4) is 0 Å². The van der Waals surface area contributed by atoms with E-state index in [0.29, 0.717) is 35.5 Å². The van der Waals surface area contributed by atoms with Crippen molar-refractivity contribution in [3.05, 3.63) is 112 Å². The molecule has 0 atom stereocenters. The molecule has 0 unspecified atom stereocenters. The SMILES string of the molecule is C=C(/C=N\C=C/N)Cn1c(C)nc(CCCC)c(Cc2ccc(-c3ccccc3C#N)cc2)c1=O. The number of nitriles is 1. The molecule has 0 saturated carbocycles. The number of nitrogens with two attached hydrogens (primary N) is 1. The van der Waals surface area contributed by atoms with Crippen molar-refractivity contribution >= 4 is 6.21 Å². The Balaban J connectivity index is 1.95. The molecule has 0 spiro atoms. The summed E-state index contributed by atoms with van der Waals surface area (Å²) in [5.74, 6) is 0.664. The molecule has 0 aliphatic carbocycles. The molecule has 1 aromatic heterocycles. The monoisotopic (exact) mass is 465 g/mol. The van der Waals surface area contributed by atoms with E-state index in [1.165, 1.54) is 12.4 Å². The van der Waals surface area contributed by atoms with Gasteiger partial charge in [-0.15, -0.1) is 0 Å². The summed E-state index contributed by atoms with van der Waals surface area (Å²) >= 11 is 0. The summed E-state index contributed by atoms with van der Waals surface area (Å²) in [7, 11) is 0. The summed E-state index contributed by atoms with van der Waals surface area (Å²) in [4.78, 5) is 22.4. The standard InChI is InChI=1S/C29H31N5O/c1-4-5-10-28-27(29(35)34(22(3)33-28)20-21(2)19-32-16-15-30)17-23-11-13-24(14-12-23)26-9-7-6-8-25(26)18-31/h6-9,11-16,19H,2,4-5,10,17,20,30H2,1,3H3/b16-15-,32-19-. The summed E-state index contributed by atoms with van der Waals surface area (Å²) in [6, 6.07) is 17.8. The van der Waals surface area contributed by atoms with Crippen LogP contribution < -0.4 is 11.3 Å². The van der Waals surface area contributed by atoms with Crippen molar-refractivity contribution in [3.63, 3.8) is 0 Å². The zero-order valence-electron chi connectivity index (χ0n) is 20.4. The fraction of sp³-hybridized carbons (Fsp3) is 0.241. The zero-order valence-corrected chi connectivity index (χ0v) is 20.4. The molecule has 0 saturated heterocycles. The fourth-order valence-corrected chi connectivity index (χ4v) is 3.95. The van der Waals surface area contributed by atoms with E-state index in [0.717, 1.165) is 41.6 Å². The van der Waals surface area contributed by atoms with Gasteiger partial charge in [-0.3, -0.25) is 14.4 Å². The maximum Gasteiger partial charge on any atom is 0.257 e. The lowest BCUT2D eigenvalue weighted by Gasteiger charge is -2.16. The molecule has 0 amide bonds. The number of allylic oxidation sites excluding steroid dienone is 1. The number of aromatic nitrogens is 2. The topological polar surface area (TPSA) is 97.1 Å². The van der Waals surface area contributed by atoms with Crippen LogP contribution in [0.2, 0.25) is 0 Å². The normalized spacial score (nSPS) is 11.2. The van der Waals surface area contributed by atoms with Gasteiger partial charge in [-0.05, 0) is 48.1 Å². The number of nitrogens with zero attached hydrogens (tertiary/aromatic N) is 4. The maximum atomic E-state index is 13.6. The quantitative estimate of drug-likeness (QED) is 0.422. The molecule has 0 aliphatic rings. The van der Waals surface area contributed by atoms with Gasteiger partial charge in [0.15, 0.2) is 0 Å². The largest absolute Gasteiger partial charge is 0.403 e. The summed E-state index contributed by atoms with van der Waals surface area (Å²) in [5.41, 5.74) is 11.0. The molecule has 0 aliphatic heterocycles. The van der Waals surface area contributed by atoms with E-state index in [2.05, 4.69) is 24.6 Å². The maximum absolute atomic E-state index is 13.6. The van der Waals surface area contributed by atoms with Crippen LogP contribution in [0, 0.1) is 18.3 Å². The Kier molecular flexibility index (Phi) is 8.91. The fourth-order valence-electron chi connectivity index (χ4n) is 3.95. The first-order valence-corrected chi connectivity index (χ1v) is 11.7. The molecular formula is C29H31N5O. The van der Waals surface area contributed by atoms with E-state index in [1.54, 1.807) is 10.8 Å². The summed E-state index contributed by atoms with van der Waals surface area (Å²) < 4.78 is 1.66. The van der Waals surface area contributed by atoms with Crippen molar-refractivity contribution < 1.29 is 0 Å². The third-order valence-electron chi connectivity index (χ3n) is 5.79. The van der Waals surface area contributed by atoms with Crippen LogP contribution in [0.25, 0.3) is 11.1 Å². The minimum atomic E-state index is -0.0496. The van der Waals surface area contributed by atoms with Gasteiger partial charge in [0.2, 0.25) is 0 Å². The molecule has 0 bridgehead atoms. The lowest BCUT2D eigenvalue weighted by molar-refractivity contribution is 0.666. The van der Waals surface area contributed by atoms with Gasteiger partial charge >= 0.3 is 0 Å². The molecule has 6 nitrogen and oxygen atoms in total. The van der Waals surface area contributed by atoms with Crippen LogP contribution >= 0.6 is 0 Å². The number of benzene rings is 2. The Morgan fingerprint density at radius 2 is 1.97 bits per heavy atom. The van der Waals surface area contributed by atoms with Gasteiger partial charge < -0.3 is 5.73 Å². The minimum absolute atomic E-state index is 0.0496. The van der Waals surface area contributed by atoms with Crippen LogP contribution in [0.4, 0.5) is 0 Å². The molecule has 3 aromatic rings. The molecule has 3 rings (SSSR count). The molecule has 2 N–H and O–H groups in total. The molecule has 6 heteroatoms. The number of hydrogen-bond acceptors (Lipinski definition) is 5. The van der Waals surface area contributed by atoms with E-state index in [1.807, 2.05) is 55.5 Å². The highest BCUT2D eigenvalue weighted by Gasteiger charge is 2.16. The first-order valence-electron chi connectivity index (χ1n) is 11.7. The van der Waals surface area contributed by atoms with Crippen molar-refractivity contribution in [2.24, 2.45) is 10.7 Å². The Bertz CT molecular complexity index is 1340. The highest BCUT2D eigenvalue weighted by molar-refractivity contribution is 5.77. The highest BCUT2D eigenvalue weighted by Crippen LogP contribution is 2.24. The Morgan fingerprint density at radius 1 is 1.23 bits per heavy atom. The smallest absolute Gasteiger partial charge is 0.257 e. The molecule has 178 valence electrons. The number of hydrogen-bond donors (Lipinski definition) is 1. The first kappa shape index (κ1) is 25.4. The van der Waals surface area contributed by atoms with Crippen LogP contribution in [-0.2, 0) is 19.4 Å². The van der Waals surface area contributed by atoms with E-state index >= 15 is 0 Å². The van der Waals surface area contributed by atoms with E-state index < -0.39 is 0 Å². The second-order valence-electron chi connectivity index (χ2n) is 8.39. The molecule has 0 fully saturated rings. The molecular weight excluding hydrogens is 434 g/mol. The number of rotatable bonds is 10. The van der Waals surface area contributed by atoms with Crippen LogP contribution in [0.1, 0.15) is 48.0 Å². The number of aryl methyl sites for hydroxylation is 2. The van der Waals surface area contributed by atoms with Crippen LogP contribution in [-0.4, -0.2) is 15.8 Å². The summed E-state index contributed by atoms with van der Waals surface area (Å²) in [5, 5.41) is 9.42. The average Bonchev–Trinajstić information content (AvgIpc) is 2.87. The Hall–Kier alpha value is -4.24. The second kappa shape index (κ2) is 12.3. The van der Waals surface area contributed by atoms with Gasteiger partial charge in [-0.1, -0.05) is 62.4 Å². The van der Waals surface area contributed by atoms with Crippen molar-refractivity contribution in [1.29, 1.82) is 5.26 Å². The van der Waals surface area contributed by atoms with E-state index in [4.69, 9.17) is 10.7 Å². The van der Waals surface area contributed by atoms with E-state index in [9.17, 15) is 10.1 Å². The van der Waals surface area contributed by atoms with Crippen molar-refractivity contribution in [2.45, 2.75) is 46.1 Å². The summed E-state index contributed by atoms with van der Waals surface area (Å²) in [6.07, 6.45) is 7.65. The minimum Gasteiger partial charge on any atom is -0.403 e. The van der Waals surface area contributed by atoms with Crippen LogP contribution in [0.15, 0.2) is 82.9 Å². The van der Waals surface area contributed by atoms with Gasteiger partial charge in [-0.25, -0.2) is 4.98 Å². The first-order chi connectivity index (χ1) is 17.0. The predicted octanol–water partition coefficient (Wildman–Crippen LogP) is 5.08. The number of unbranched alkanes of at least 4 members (excludes halogenated alkanes) is 1. The van der Waals surface area contributed by atoms with Crippen molar-refractivity contribution in [1.82, 2.24) is 9.55 Å². The average molecular weight is 466 g/mol. The Morgan fingerprint density at radius 3 is 2.66 bits per heavy atom. The van der Waals surface area contributed by atoms with Gasteiger partial charge in [0.1, 0.15) is 5.82 Å². The van der Waals surface area contributed by atoms with E-state index in [-0.39, 0.29) is 5.56 Å². The Labute approximate surface area is 206 Å². The number of aliphatic imine (C=N–C) groups is 1. The van der Waals surface area contributed by atoms with Crippen LogP contribution in [0.5, 0.6) is 0 Å². The third-order valence-corrected chi connectivity index (χ3v) is 5.79. The highest BCUT2D eigenvalue weighted by atomic mass is 16.1. The lowest BCUT2D eigenvalue weighted by Crippen LogP contribution is -2.30. The van der Waals surface area contributed by atoms with Crippen molar-refractivity contribution in [3.8, 4) is 17.2 Å². The van der Waals surface area contributed by atoms with Gasteiger partial charge in [0, 0.05) is 30.6 Å². The van der Waals surface area contributed by atoms with Crippen molar-refractivity contribution in [2.75, 3.05) is 0 Å². The van der Waals surface area contributed by atoms with Gasteiger partial charge in [0.05, 0.1) is 23.9 Å².